The van der Waals surface area contributed by atoms with Crippen LogP contribution in [0.5, 0.6) is 0 Å². The van der Waals surface area contributed by atoms with Crippen molar-refractivity contribution in [3.8, 4) is 0 Å². The molecule has 0 unspecified atom stereocenters. The van der Waals surface area contributed by atoms with E-state index in [4.69, 9.17) is 5.73 Å². The Balaban J connectivity index is 2.68. The van der Waals surface area contributed by atoms with E-state index in [0.29, 0.717) is 0 Å². The summed E-state index contributed by atoms with van der Waals surface area (Å²) in [6.45, 7) is -0.243. The third-order valence-electron chi connectivity index (χ3n) is 2.13. The van der Waals surface area contributed by atoms with Crippen molar-refractivity contribution < 1.29 is 16.8 Å². The molecule has 104 valence electrons. The zero-order valence-corrected chi connectivity index (χ0v) is 11.5. The number of sulfonamides is 2. The van der Waals surface area contributed by atoms with Crippen molar-refractivity contribution in [2.45, 2.75) is 4.90 Å². The number of H-pyrrole nitrogens is 1. The number of nitrogen functional groups attached to an aromatic ring is 1. The van der Waals surface area contributed by atoms with Crippen molar-refractivity contribution >= 4 is 25.9 Å². The first-order chi connectivity index (χ1) is 8.17. The van der Waals surface area contributed by atoms with Gasteiger partial charge >= 0.3 is 0 Å². The topological polar surface area (TPSA) is 138 Å². The van der Waals surface area contributed by atoms with Crippen LogP contribution >= 0.6 is 0 Å². The predicted octanol–water partition coefficient (Wildman–Crippen LogP) is -1.84. The maximum Gasteiger partial charge on any atom is 0.245 e. The standard InChI is InChI=1S/C7H15N5O4S2/c1-12(2)17(13,14)4-3-10-18(15,16)6-5-9-11-7(6)8/h5,10H,3-4H2,1-2H3,(H3,8,9,11). The van der Waals surface area contributed by atoms with E-state index < -0.39 is 20.0 Å². The Hall–Kier alpha value is -1.17. The molecule has 9 nitrogen and oxygen atoms in total. The SMILES string of the molecule is CN(C)S(=O)(=O)CCNS(=O)(=O)c1cn[nH]c1N. The van der Waals surface area contributed by atoms with Crippen molar-refractivity contribution in [3.63, 3.8) is 0 Å². The third-order valence-corrected chi connectivity index (χ3v) is 5.45. The first-order valence-corrected chi connectivity index (χ1v) is 7.95. The summed E-state index contributed by atoms with van der Waals surface area (Å²) >= 11 is 0. The summed E-state index contributed by atoms with van der Waals surface area (Å²) in [5.74, 6) is -0.435. The molecule has 0 atom stereocenters. The first kappa shape index (κ1) is 14.9. The molecular weight excluding hydrogens is 282 g/mol. The summed E-state index contributed by atoms with van der Waals surface area (Å²) in [6.07, 6.45) is 1.05. The maximum atomic E-state index is 11.7. The average Bonchev–Trinajstić information content (AvgIpc) is 2.64. The summed E-state index contributed by atoms with van der Waals surface area (Å²) in [4.78, 5) is -0.204. The van der Waals surface area contributed by atoms with Crippen LogP contribution in [-0.4, -0.2) is 57.7 Å². The number of aromatic nitrogens is 2. The van der Waals surface area contributed by atoms with Gasteiger partial charge in [-0.25, -0.2) is 25.9 Å². The molecule has 0 aliphatic carbocycles. The zero-order valence-electron chi connectivity index (χ0n) is 9.91. The highest BCUT2D eigenvalue weighted by molar-refractivity contribution is 7.90. The lowest BCUT2D eigenvalue weighted by Crippen LogP contribution is -2.34. The fourth-order valence-corrected chi connectivity index (χ4v) is 2.97. The molecule has 0 saturated heterocycles. The van der Waals surface area contributed by atoms with Gasteiger partial charge in [0.25, 0.3) is 0 Å². The molecule has 0 fully saturated rings. The summed E-state index contributed by atoms with van der Waals surface area (Å²) in [5, 5.41) is 5.76. The predicted molar refractivity (Wildman–Crippen MR) is 65.7 cm³/mol. The molecule has 1 aromatic rings. The van der Waals surface area contributed by atoms with Gasteiger partial charge < -0.3 is 5.73 Å². The molecular formula is C7H15N5O4S2. The normalized spacial score (nSPS) is 13.1. The van der Waals surface area contributed by atoms with Gasteiger partial charge in [-0.15, -0.1) is 0 Å². The highest BCUT2D eigenvalue weighted by atomic mass is 32.2. The van der Waals surface area contributed by atoms with Crippen molar-refractivity contribution in [1.82, 2.24) is 19.2 Å². The molecule has 1 rings (SSSR count). The molecule has 4 N–H and O–H groups in total. The minimum Gasteiger partial charge on any atom is -0.383 e. The van der Waals surface area contributed by atoms with Gasteiger partial charge in [0.1, 0.15) is 10.7 Å². The smallest absolute Gasteiger partial charge is 0.245 e. The number of rotatable bonds is 6. The van der Waals surface area contributed by atoms with Crippen LogP contribution < -0.4 is 10.5 Å². The van der Waals surface area contributed by atoms with E-state index >= 15 is 0 Å². The van der Waals surface area contributed by atoms with Crippen molar-refractivity contribution in [2.75, 3.05) is 32.1 Å². The van der Waals surface area contributed by atoms with Gasteiger partial charge in [0, 0.05) is 20.6 Å². The van der Waals surface area contributed by atoms with Crippen LogP contribution in [0, 0.1) is 0 Å². The number of nitrogens with two attached hydrogens (primary N) is 1. The fraction of sp³-hybridized carbons (Fsp3) is 0.571. The maximum absolute atomic E-state index is 11.7. The van der Waals surface area contributed by atoms with Crippen molar-refractivity contribution in [1.29, 1.82) is 0 Å². The second-order valence-corrected chi connectivity index (χ2v) is 7.68. The average molecular weight is 297 g/mol. The van der Waals surface area contributed by atoms with Crippen LogP contribution in [0.1, 0.15) is 0 Å². The quantitative estimate of drug-likeness (QED) is 0.564. The number of nitrogens with zero attached hydrogens (tertiary/aromatic N) is 2. The van der Waals surface area contributed by atoms with Crippen molar-refractivity contribution in [3.05, 3.63) is 6.20 Å². The number of hydrogen-bond donors (Lipinski definition) is 3. The van der Waals surface area contributed by atoms with Crippen LogP contribution in [0.3, 0.4) is 0 Å². The second kappa shape index (κ2) is 5.22. The minimum absolute atomic E-state index is 0.0991. The number of nitrogens with one attached hydrogen (secondary N) is 2. The van der Waals surface area contributed by atoms with Crippen LogP contribution in [0.15, 0.2) is 11.1 Å². The molecule has 0 spiro atoms. The Morgan fingerprint density at radius 3 is 2.44 bits per heavy atom. The first-order valence-electron chi connectivity index (χ1n) is 4.85. The van der Waals surface area contributed by atoms with Gasteiger partial charge in [0.05, 0.1) is 11.9 Å². The monoisotopic (exact) mass is 297 g/mol. The summed E-state index contributed by atoms with van der Waals surface area (Å²) in [6, 6.07) is 0. The number of hydrogen-bond acceptors (Lipinski definition) is 6. The second-order valence-electron chi connectivity index (χ2n) is 3.64. The summed E-state index contributed by atoms with van der Waals surface area (Å²) in [7, 11) is -4.55. The lowest BCUT2D eigenvalue weighted by atomic mass is 10.7. The highest BCUT2D eigenvalue weighted by Crippen LogP contribution is 2.13. The van der Waals surface area contributed by atoms with E-state index in [1.165, 1.54) is 14.1 Å². The summed E-state index contributed by atoms with van der Waals surface area (Å²) < 4.78 is 49.4. The van der Waals surface area contributed by atoms with Gasteiger partial charge in [0.2, 0.25) is 20.0 Å². The van der Waals surface area contributed by atoms with E-state index in [2.05, 4.69) is 14.9 Å². The zero-order chi connectivity index (χ0) is 14.0. The largest absolute Gasteiger partial charge is 0.383 e. The Kier molecular flexibility index (Phi) is 4.32. The van der Waals surface area contributed by atoms with Gasteiger partial charge in [-0.1, -0.05) is 0 Å². The van der Waals surface area contributed by atoms with Crippen molar-refractivity contribution in [2.24, 2.45) is 0 Å². The summed E-state index contributed by atoms with van der Waals surface area (Å²) in [5.41, 5.74) is 5.37. The molecule has 0 aliphatic rings. The highest BCUT2D eigenvalue weighted by Gasteiger charge is 2.20. The number of aromatic amines is 1. The Labute approximate surface area is 105 Å². The Bertz CT molecular complexity index is 604. The fourth-order valence-electron chi connectivity index (χ4n) is 1.06. The molecule has 0 aliphatic heterocycles. The molecule has 11 heteroatoms. The molecule has 1 heterocycles. The molecule has 0 radical (unpaired) electrons. The molecule has 0 bridgehead atoms. The molecule has 0 saturated carbocycles. The Morgan fingerprint density at radius 2 is 2.00 bits per heavy atom. The van der Waals surface area contributed by atoms with Crippen LogP contribution in [0.2, 0.25) is 0 Å². The van der Waals surface area contributed by atoms with E-state index in [9.17, 15) is 16.8 Å². The van der Waals surface area contributed by atoms with E-state index in [-0.39, 0.29) is 23.0 Å². The number of anilines is 1. The van der Waals surface area contributed by atoms with Gasteiger partial charge in [-0.2, -0.15) is 5.10 Å². The lowest BCUT2D eigenvalue weighted by molar-refractivity contribution is 0.519. The lowest BCUT2D eigenvalue weighted by Gasteiger charge is -2.11. The molecule has 1 aromatic heterocycles. The van der Waals surface area contributed by atoms with E-state index in [1.807, 2.05) is 0 Å². The van der Waals surface area contributed by atoms with E-state index in [0.717, 1.165) is 10.5 Å². The van der Waals surface area contributed by atoms with Crippen LogP contribution in [0.4, 0.5) is 5.82 Å². The van der Waals surface area contributed by atoms with Gasteiger partial charge in [-0.05, 0) is 0 Å². The van der Waals surface area contributed by atoms with Crippen LogP contribution in [0.25, 0.3) is 0 Å². The molecule has 18 heavy (non-hydrogen) atoms. The third kappa shape index (κ3) is 3.41. The Morgan fingerprint density at radius 1 is 1.39 bits per heavy atom. The van der Waals surface area contributed by atoms with Crippen LogP contribution in [-0.2, 0) is 20.0 Å². The van der Waals surface area contributed by atoms with Gasteiger partial charge in [-0.3, -0.25) is 5.10 Å². The van der Waals surface area contributed by atoms with E-state index in [1.54, 1.807) is 0 Å². The molecule has 0 aromatic carbocycles. The van der Waals surface area contributed by atoms with Gasteiger partial charge in [0.15, 0.2) is 0 Å². The molecule has 0 amide bonds. The minimum atomic E-state index is -3.85.